The van der Waals surface area contributed by atoms with Crippen molar-refractivity contribution in [2.75, 3.05) is 85.7 Å². The van der Waals surface area contributed by atoms with Crippen molar-refractivity contribution in [3.05, 3.63) is 237 Å². The minimum absolute atomic E-state index is 0.231. The maximum Gasteiger partial charge on any atom is 0.332 e. The van der Waals surface area contributed by atoms with Gasteiger partial charge in [-0.05, 0) is 123 Å². The SMILES string of the molecule is CCCn1c(=O)c2c(nc3n2CCCN3Cc2ccccc2)n(C)c1=O.CCn1c(=O)c2c(nc3n2CCCN3c2cccc(OC)c2)n(C)c1=O.COc1ccc(N2CC(C)Cn3c2nc2c3c(=O)n(C)c(=O)n2C)cc1.COc1ccc(N2CCCn3c2nc2c3c(=O)n(C)c(=O)n2C)cc1.COc1cccc(N2CC(C)Cn3c2nc2c3c(=O)n(C)c(=O)n2C)c1. The van der Waals surface area contributed by atoms with Gasteiger partial charge < -0.3 is 66.3 Å². The third-order valence-corrected chi connectivity index (χ3v) is 24.4. The molecule has 5 aromatic carbocycles. The molecule has 0 fully saturated rings. The predicted octanol–water partition coefficient (Wildman–Crippen LogP) is 6.63. The van der Waals surface area contributed by atoms with Crippen LogP contribution in [0.1, 0.15) is 58.9 Å². The van der Waals surface area contributed by atoms with Gasteiger partial charge in [-0.1, -0.05) is 63.2 Å². The molecule has 0 saturated carbocycles. The average molecular weight is 1760 g/mol. The molecule has 15 aromatic rings. The van der Waals surface area contributed by atoms with E-state index in [1.54, 1.807) is 70.6 Å². The number of rotatable bonds is 13. The first kappa shape index (κ1) is 87.5. The summed E-state index contributed by atoms with van der Waals surface area (Å²) in [6.07, 6.45) is 3.45. The highest BCUT2D eigenvalue weighted by atomic mass is 16.5. The quantitative estimate of drug-likeness (QED) is 0.117. The summed E-state index contributed by atoms with van der Waals surface area (Å²) in [5.41, 5.74) is 6.38. The number of methoxy groups -OCH3 is 4. The Kier molecular flexibility index (Phi) is 24.1. The topological polar surface area (TPSA) is 362 Å². The summed E-state index contributed by atoms with van der Waals surface area (Å²) in [7, 11) is 19.3. The Hall–Kier alpha value is -15.0. The predicted molar refractivity (Wildman–Crippen MR) is 495 cm³/mol. The summed E-state index contributed by atoms with van der Waals surface area (Å²) in [4.78, 5) is 159. The summed E-state index contributed by atoms with van der Waals surface area (Å²) in [5.74, 6) is 7.21. The molecule has 0 bridgehead atoms. The highest BCUT2D eigenvalue weighted by Crippen LogP contribution is 2.39. The van der Waals surface area contributed by atoms with Crippen molar-refractivity contribution >= 4 is 108 Å². The molecule has 674 valence electrons. The maximum absolute atomic E-state index is 13.0. The third-order valence-electron chi connectivity index (χ3n) is 24.4. The second-order valence-corrected chi connectivity index (χ2v) is 32.9. The normalized spacial score (nSPS) is 15.1. The fourth-order valence-electron chi connectivity index (χ4n) is 17.8. The number of imidazole rings is 5. The number of nitrogens with zero attached hydrogens (tertiary/aromatic N) is 25. The molecule has 0 N–H and O–H groups in total. The van der Waals surface area contributed by atoms with Gasteiger partial charge in [-0.2, -0.15) is 24.9 Å². The van der Waals surface area contributed by atoms with Crippen LogP contribution in [0.15, 0.2) is 175 Å². The van der Waals surface area contributed by atoms with E-state index in [9.17, 15) is 47.9 Å². The molecule has 39 nitrogen and oxygen atoms in total. The van der Waals surface area contributed by atoms with E-state index in [1.165, 1.54) is 58.7 Å². The molecule has 0 spiro atoms. The van der Waals surface area contributed by atoms with Crippen molar-refractivity contribution in [1.82, 2.24) is 93.4 Å². The second-order valence-electron chi connectivity index (χ2n) is 32.9. The summed E-state index contributed by atoms with van der Waals surface area (Å²) < 4.78 is 44.0. The highest BCUT2D eigenvalue weighted by Gasteiger charge is 2.35. The fraction of sp³-hybridized carbons (Fsp3) is 0.389. The number of benzene rings is 5. The molecule has 2 unspecified atom stereocenters. The minimum atomic E-state index is -0.376. The Balaban J connectivity index is 0.000000118. The lowest BCUT2D eigenvalue weighted by Crippen LogP contribution is -2.40. The van der Waals surface area contributed by atoms with Gasteiger partial charge in [0.25, 0.3) is 27.8 Å². The van der Waals surface area contributed by atoms with Crippen LogP contribution in [0.2, 0.25) is 0 Å². The molecule has 0 saturated heterocycles. The van der Waals surface area contributed by atoms with E-state index in [0.717, 1.165) is 137 Å². The second kappa shape index (κ2) is 35.5. The molecule has 10 aromatic heterocycles. The number of hydrogen-bond acceptors (Lipinski definition) is 24. The average Bonchev–Trinajstić information content (AvgIpc) is 1.61. The van der Waals surface area contributed by atoms with Crippen molar-refractivity contribution in [3.8, 4) is 23.0 Å². The van der Waals surface area contributed by atoms with Crippen molar-refractivity contribution in [2.45, 2.75) is 106 Å². The van der Waals surface area contributed by atoms with Crippen molar-refractivity contribution in [3.63, 3.8) is 0 Å². The highest BCUT2D eigenvalue weighted by molar-refractivity contribution is 5.82. The summed E-state index contributed by atoms with van der Waals surface area (Å²) in [6, 6.07) is 41.2. The molecule has 20 rings (SSSR count). The van der Waals surface area contributed by atoms with E-state index in [4.69, 9.17) is 23.9 Å². The first-order valence-corrected chi connectivity index (χ1v) is 42.9. The summed E-state index contributed by atoms with van der Waals surface area (Å²) in [6.45, 7) is 17.1. The van der Waals surface area contributed by atoms with Crippen LogP contribution in [0.3, 0.4) is 0 Å². The lowest BCUT2D eigenvalue weighted by atomic mass is 10.1. The monoisotopic (exact) mass is 1760 g/mol. The van der Waals surface area contributed by atoms with Gasteiger partial charge in [0.1, 0.15) is 23.0 Å². The van der Waals surface area contributed by atoms with Crippen LogP contribution in [-0.4, -0.2) is 155 Å². The Labute approximate surface area is 736 Å². The van der Waals surface area contributed by atoms with E-state index in [2.05, 4.69) is 70.4 Å². The zero-order valence-corrected chi connectivity index (χ0v) is 75.2. The van der Waals surface area contributed by atoms with Gasteiger partial charge in [-0.25, -0.2) is 24.0 Å². The van der Waals surface area contributed by atoms with Gasteiger partial charge in [0.2, 0.25) is 29.7 Å². The number of aromatic nitrogens is 20. The zero-order valence-electron chi connectivity index (χ0n) is 75.2. The number of hydrogen-bond donors (Lipinski definition) is 0. The smallest absolute Gasteiger partial charge is 0.332 e. The minimum Gasteiger partial charge on any atom is -0.497 e. The lowest BCUT2D eigenvalue weighted by Gasteiger charge is -2.33. The molecule has 2 atom stereocenters. The molecule has 39 heteroatoms. The summed E-state index contributed by atoms with van der Waals surface area (Å²) in [5, 5.41) is 0. The van der Waals surface area contributed by atoms with Crippen LogP contribution in [0.25, 0.3) is 55.8 Å². The van der Waals surface area contributed by atoms with E-state index >= 15 is 0 Å². The van der Waals surface area contributed by atoms with Gasteiger partial charge in [-0.15, -0.1) is 0 Å². The molecular weight excluding hydrogens is 1660 g/mol. The van der Waals surface area contributed by atoms with Gasteiger partial charge in [-0.3, -0.25) is 69.6 Å². The van der Waals surface area contributed by atoms with E-state index in [-0.39, 0.29) is 56.2 Å². The van der Waals surface area contributed by atoms with E-state index < -0.39 is 0 Å². The van der Waals surface area contributed by atoms with Crippen LogP contribution in [0.4, 0.5) is 52.5 Å². The third kappa shape index (κ3) is 15.5. The number of aryl methyl sites for hydroxylation is 8. The van der Waals surface area contributed by atoms with Gasteiger partial charge >= 0.3 is 28.4 Å². The maximum atomic E-state index is 13.0. The molecule has 129 heavy (non-hydrogen) atoms. The molecule has 5 aliphatic rings. The molecule has 0 aliphatic carbocycles. The molecule has 0 amide bonds. The largest absolute Gasteiger partial charge is 0.497 e. The van der Waals surface area contributed by atoms with Crippen molar-refractivity contribution in [1.29, 1.82) is 0 Å². The Bertz CT molecular complexity index is 7530. The van der Waals surface area contributed by atoms with Crippen LogP contribution < -0.4 is 99.7 Å². The van der Waals surface area contributed by atoms with Crippen LogP contribution in [-0.2, 0) is 109 Å². The molecular formula is C90H105N25O14. The lowest BCUT2D eigenvalue weighted by molar-refractivity contribution is 0.414. The van der Waals surface area contributed by atoms with E-state index in [1.807, 2.05) is 145 Å². The van der Waals surface area contributed by atoms with Crippen LogP contribution in [0, 0.1) is 11.8 Å². The Morgan fingerprint density at radius 2 is 0.659 bits per heavy atom. The van der Waals surface area contributed by atoms with Gasteiger partial charge in [0, 0.05) is 176 Å². The van der Waals surface area contributed by atoms with Gasteiger partial charge in [0.15, 0.2) is 55.8 Å². The zero-order chi connectivity index (χ0) is 91.6. The first-order valence-electron chi connectivity index (χ1n) is 42.9. The van der Waals surface area contributed by atoms with Crippen LogP contribution in [0.5, 0.6) is 23.0 Å². The Morgan fingerprint density at radius 1 is 0.318 bits per heavy atom. The number of ether oxygens (including phenoxy) is 4. The molecule has 5 aliphatic heterocycles. The van der Waals surface area contributed by atoms with Crippen LogP contribution >= 0.6 is 0 Å². The fourth-order valence-corrected chi connectivity index (χ4v) is 17.8. The van der Waals surface area contributed by atoms with Gasteiger partial charge in [0.05, 0.1) is 28.4 Å². The van der Waals surface area contributed by atoms with Crippen molar-refractivity contribution < 1.29 is 18.9 Å². The first-order chi connectivity index (χ1) is 62.0. The molecule has 0 radical (unpaired) electrons. The number of fused-ring (bicyclic) bond motifs is 15. The molecule has 15 heterocycles. The summed E-state index contributed by atoms with van der Waals surface area (Å²) >= 11 is 0. The van der Waals surface area contributed by atoms with Crippen molar-refractivity contribution in [2.24, 2.45) is 68.2 Å². The number of anilines is 9. The standard InChI is InChI=1S/C19H23N5O2.3C18H21N5O3.C17H19N5O3/c1-3-10-24-17(25)15-16(21(2)19(24)26)20-18-22(11-7-12-23(15)18)13-14-8-5-4-6-9-14;1-11-9-22(12-5-7-13(26-4)8-6-12)17-19-15-14(23(17)10-11)16(24)21(3)18(25)20(15)2;1-11-9-22(12-6-5-7-13(8-12)26-4)17-19-15-14(23(17)10-11)16(24)21(3)18(25)20(15)2;1-4-21-16(24)14-15(20(2)18(21)25)19-17-22(9-6-10-23(14)17)12-7-5-8-13(11-12)26-3;1-19-14-13(15(23)20(2)17(19)24)22-10-4-9-21(16(22)18-14)11-5-7-12(25-3)8-6-11/h4-6,8-9H,3,7,10-13H2,1-2H3;2*5-8,11H,9-10H2,1-4H3;5,7-8,11H,4,6,9-10H2,1-3H3;5-8H,4,9-10H2,1-3H3. The Morgan fingerprint density at radius 3 is 1.08 bits per heavy atom. The van der Waals surface area contributed by atoms with E-state index in [0.29, 0.717) is 131 Å².